The summed E-state index contributed by atoms with van der Waals surface area (Å²) in [5.74, 6) is -4.16. The van der Waals surface area contributed by atoms with Crippen molar-refractivity contribution in [2.45, 2.75) is 25.8 Å². The third kappa shape index (κ3) is 1.66. The van der Waals surface area contributed by atoms with Crippen molar-refractivity contribution in [1.29, 1.82) is 0 Å². The van der Waals surface area contributed by atoms with Crippen molar-refractivity contribution in [3.05, 3.63) is 34.6 Å². The molecule has 0 saturated heterocycles. The van der Waals surface area contributed by atoms with E-state index in [2.05, 4.69) is 5.32 Å². The van der Waals surface area contributed by atoms with Gasteiger partial charge in [0, 0.05) is 12.5 Å². The van der Waals surface area contributed by atoms with Crippen molar-refractivity contribution in [2.24, 2.45) is 0 Å². The Bertz CT molecular complexity index is 459. The molecule has 0 saturated carbocycles. The molecule has 16 heavy (non-hydrogen) atoms. The fourth-order valence-corrected chi connectivity index (χ4v) is 2.08. The maximum Gasteiger partial charge on any atom is 0.217 e. The Morgan fingerprint density at radius 2 is 2.06 bits per heavy atom. The Balaban J connectivity index is 2.46. The molecule has 1 aliphatic rings. The van der Waals surface area contributed by atoms with E-state index in [0.717, 1.165) is 6.07 Å². The van der Waals surface area contributed by atoms with Gasteiger partial charge < -0.3 is 5.32 Å². The van der Waals surface area contributed by atoms with Gasteiger partial charge >= 0.3 is 0 Å². The Kier molecular flexibility index (Phi) is 2.61. The second-order valence-corrected chi connectivity index (χ2v) is 3.85. The fraction of sp³-hybridized carbons (Fsp3) is 0.364. The van der Waals surface area contributed by atoms with E-state index in [1.165, 1.54) is 6.92 Å². The zero-order valence-electron chi connectivity index (χ0n) is 8.61. The lowest BCUT2D eigenvalue weighted by Gasteiger charge is -2.13. The molecule has 1 aromatic rings. The molecule has 0 radical (unpaired) electrons. The largest absolute Gasteiger partial charge is 0.349 e. The number of halogens is 3. The third-order valence-corrected chi connectivity index (χ3v) is 2.71. The number of hydrogen-bond acceptors (Lipinski definition) is 1. The number of carbonyl (C=O) groups is 1. The minimum Gasteiger partial charge on any atom is -0.349 e. The van der Waals surface area contributed by atoms with Crippen molar-refractivity contribution in [1.82, 2.24) is 5.32 Å². The van der Waals surface area contributed by atoms with Crippen LogP contribution in [0.2, 0.25) is 0 Å². The minimum absolute atomic E-state index is 0.0779. The normalized spacial score (nSPS) is 18.4. The summed E-state index contributed by atoms with van der Waals surface area (Å²) in [6, 6.07) is 0.442. The van der Waals surface area contributed by atoms with E-state index in [1.807, 2.05) is 0 Å². The van der Waals surface area contributed by atoms with Crippen LogP contribution in [-0.2, 0) is 11.2 Å². The molecular weight excluding hydrogens is 219 g/mol. The second kappa shape index (κ2) is 3.81. The Morgan fingerprint density at radius 3 is 2.69 bits per heavy atom. The van der Waals surface area contributed by atoms with Crippen LogP contribution < -0.4 is 5.32 Å². The predicted molar refractivity (Wildman–Crippen MR) is 51.2 cm³/mol. The average Bonchev–Trinajstić information content (AvgIpc) is 2.57. The number of hydrogen-bond donors (Lipinski definition) is 1. The van der Waals surface area contributed by atoms with E-state index in [9.17, 15) is 18.0 Å². The zero-order valence-corrected chi connectivity index (χ0v) is 8.61. The monoisotopic (exact) mass is 229 g/mol. The molecule has 0 unspecified atom stereocenters. The summed E-state index contributed by atoms with van der Waals surface area (Å²) in [7, 11) is 0. The van der Waals surface area contributed by atoms with E-state index in [-0.39, 0.29) is 11.5 Å². The lowest BCUT2D eigenvalue weighted by atomic mass is 10.1. The SMILES string of the molecule is CC(=O)N[C@@H]1CCc2cc(F)c(F)c(F)c21. The van der Waals surface area contributed by atoms with Crippen molar-refractivity contribution in [3.63, 3.8) is 0 Å². The topological polar surface area (TPSA) is 29.1 Å². The number of fused-ring (bicyclic) bond motifs is 1. The van der Waals surface area contributed by atoms with Gasteiger partial charge in [-0.25, -0.2) is 13.2 Å². The van der Waals surface area contributed by atoms with Gasteiger partial charge in [0.15, 0.2) is 17.5 Å². The standard InChI is InChI=1S/C11H10F3NO/c1-5(16)15-8-3-2-6-4-7(12)10(13)11(14)9(6)8/h4,8H,2-3H2,1H3,(H,15,16)/t8-/m1/s1. The molecular formula is C11H10F3NO. The van der Waals surface area contributed by atoms with Crippen LogP contribution >= 0.6 is 0 Å². The summed E-state index contributed by atoms with van der Waals surface area (Å²) in [6.07, 6.45) is 0.906. The lowest BCUT2D eigenvalue weighted by Crippen LogP contribution is -2.25. The van der Waals surface area contributed by atoms with E-state index >= 15 is 0 Å². The summed E-state index contributed by atoms with van der Waals surface area (Å²) in [5, 5.41) is 2.52. The number of nitrogens with one attached hydrogen (secondary N) is 1. The molecule has 1 aliphatic carbocycles. The van der Waals surface area contributed by atoms with Crippen molar-refractivity contribution in [2.75, 3.05) is 0 Å². The molecule has 1 amide bonds. The van der Waals surface area contributed by atoms with Crippen LogP contribution in [0.4, 0.5) is 13.2 Å². The molecule has 0 fully saturated rings. The number of rotatable bonds is 1. The fourth-order valence-electron chi connectivity index (χ4n) is 2.08. The van der Waals surface area contributed by atoms with Gasteiger partial charge in [-0.15, -0.1) is 0 Å². The first kappa shape index (κ1) is 11.0. The Labute approximate surface area is 90.5 Å². The van der Waals surface area contributed by atoms with Crippen LogP contribution in [0.15, 0.2) is 6.07 Å². The third-order valence-electron chi connectivity index (χ3n) is 2.71. The van der Waals surface area contributed by atoms with Crippen molar-refractivity contribution >= 4 is 5.91 Å². The second-order valence-electron chi connectivity index (χ2n) is 3.85. The highest BCUT2D eigenvalue weighted by Gasteiger charge is 2.30. The zero-order chi connectivity index (χ0) is 11.9. The highest BCUT2D eigenvalue weighted by molar-refractivity contribution is 5.73. The first-order chi connectivity index (χ1) is 7.50. The van der Waals surface area contributed by atoms with Crippen LogP contribution in [0, 0.1) is 17.5 Å². The van der Waals surface area contributed by atoms with Gasteiger partial charge in [0.25, 0.3) is 0 Å². The molecule has 1 aromatic carbocycles. The first-order valence-electron chi connectivity index (χ1n) is 4.94. The van der Waals surface area contributed by atoms with E-state index in [4.69, 9.17) is 0 Å². The van der Waals surface area contributed by atoms with Crippen LogP contribution in [0.1, 0.15) is 30.5 Å². The summed E-state index contributed by atoms with van der Waals surface area (Å²) in [5.41, 5.74) is 0.504. The molecule has 2 nitrogen and oxygen atoms in total. The van der Waals surface area contributed by atoms with Gasteiger partial charge in [0.2, 0.25) is 5.91 Å². The summed E-state index contributed by atoms with van der Waals surface area (Å²) in [4.78, 5) is 10.9. The van der Waals surface area contributed by atoms with Crippen molar-refractivity contribution < 1.29 is 18.0 Å². The summed E-state index contributed by atoms with van der Waals surface area (Å²) in [6.45, 7) is 1.30. The van der Waals surface area contributed by atoms with Crippen molar-refractivity contribution in [3.8, 4) is 0 Å². The van der Waals surface area contributed by atoms with Gasteiger partial charge in [0.05, 0.1) is 6.04 Å². The average molecular weight is 229 g/mol. The van der Waals surface area contributed by atoms with E-state index < -0.39 is 23.5 Å². The maximum absolute atomic E-state index is 13.5. The molecule has 0 spiro atoms. The van der Waals surface area contributed by atoms with E-state index in [0.29, 0.717) is 18.4 Å². The highest BCUT2D eigenvalue weighted by atomic mass is 19.2. The smallest absolute Gasteiger partial charge is 0.217 e. The van der Waals surface area contributed by atoms with Crippen LogP contribution in [0.3, 0.4) is 0 Å². The number of carbonyl (C=O) groups excluding carboxylic acids is 1. The highest BCUT2D eigenvalue weighted by Crippen LogP contribution is 2.35. The maximum atomic E-state index is 13.5. The molecule has 0 aliphatic heterocycles. The summed E-state index contributed by atoms with van der Waals surface area (Å²) >= 11 is 0. The Hall–Kier alpha value is -1.52. The molecule has 1 atom stereocenters. The van der Waals surface area contributed by atoms with Crippen LogP contribution in [0.25, 0.3) is 0 Å². The van der Waals surface area contributed by atoms with Gasteiger partial charge in [-0.3, -0.25) is 4.79 Å². The molecule has 86 valence electrons. The molecule has 5 heteroatoms. The number of benzene rings is 1. The van der Waals surface area contributed by atoms with Gasteiger partial charge in [-0.05, 0) is 24.5 Å². The molecule has 2 rings (SSSR count). The van der Waals surface area contributed by atoms with Gasteiger partial charge in [0.1, 0.15) is 0 Å². The lowest BCUT2D eigenvalue weighted by molar-refractivity contribution is -0.119. The molecule has 0 bridgehead atoms. The van der Waals surface area contributed by atoms with Crippen LogP contribution in [0.5, 0.6) is 0 Å². The predicted octanol–water partition coefficient (Wildman–Crippen LogP) is 2.23. The summed E-state index contributed by atoms with van der Waals surface area (Å²) < 4.78 is 39.5. The van der Waals surface area contributed by atoms with Crippen LogP contribution in [-0.4, -0.2) is 5.91 Å². The molecule has 1 N–H and O–H groups in total. The van der Waals surface area contributed by atoms with E-state index in [1.54, 1.807) is 0 Å². The van der Waals surface area contributed by atoms with Gasteiger partial charge in [-0.2, -0.15) is 0 Å². The number of amides is 1. The number of aryl methyl sites for hydroxylation is 1. The Morgan fingerprint density at radius 1 is 1.38 bits per heavy atom. The van der Waals surface area contributed by atoms with Gasteiger partial charge in [-0.1, -0.05) is 0 Å². The first-order valence-corrected chi connectivity index (χ1v) is 4.94. The molecule has 0 heterocycles. The quantitative estimate of drug-likeness (QED) is 0.735. The molecule has 0 aromatic heterocycles. The minimum atomic E-state index is -1.48.